The summed E-state index contributed by atoms with van der Waals surface area (Å²) in [6.07, 6.45) is 6.31. The van der Waals surface area contributed by atoms with Crippen LogP contribution in [0.3, 0.4) is 0 Å². The Kier molecular flexibility index (Phi) is 15.0. The Labute approximate surface area is 392 Å². The monoisotopic (exact) mass is 917 g/mol. The molecule has 66 heavy (non-hydrogen) atoms. The number of fused-ring (bicyclic) bond motifs is 6. The number of hydrogen-bond acceptors (Lipinski definition) is 10. The Morgan fingerprint density at radius 1 is 0.727 bits per heavy atom. The van der Waals surface area contributed by atoms with E-state index in [0.717, 1.165) is 68.9 Å². The first-order valence-corrected chi connectivity index (χ1v) is 24.1. The normalized spacial score (nSPS) is 26.8. The zero-order valence-electron chi connectivity index (χ0n) is 41.4. The van der Waals surface area contributed by atoms with Gasteiger partial charge in [0.25, 0.3) is 5.91 Å². The number of aliphatic hydroxyl groups excluding tert-OH is 1. The molecule has 0 spiro atoms. The minimum absolute atomic E-state index is 0.0133. The first-order valence-electron chi connectivity index (χ1n) is 24.1. The highest BCUT2D eigenvalue weighted by molar-refractivity contribution is 6.38. The van der Waals surface area contributed by atoms with Crippen molar-refractivity contribution in [2.24, 2.45) is 17.3 Å². The predicted molar refractivity (Wildman–Crippen MR) is 253 cm³/mol. The Morgan fingerprint density at radius 3 is 1.98 bits per heavy atom. The average Bonchev–Trinajstić information content (AvgIpc) is 3.21. The van der Waals surface area contributed by atoms with E-state index in [1.165, 1.54) is 20.9 Å². The molecule has 0 aliphatic heterocycles. The van der Waals surface area contributed by atoms with Crippen LogP contribution in [-0.2, 0) is 47.5 Å². The lowest BCUT2D eigenvalue weighted by Gasteiger charge is -2.56. The Hall–Kier alpha value is -4.69. The van der Waals surface area contributed by atoms with Crippen LogP contribution >= 0.6 is 0 Å². The van der Waals surface area contributed by atoms with E-state index in [9.17, 15) is 29.1 Å². The minimum Gasteiger partial charge on any atom is -0.444 e. The van der Waals surface area contributed by atoms with E-state index in [2.05, 4.69) is 37.5 Å². The predicted octanol–water partition coefficient (Wildman–Crippen LogP) is 8.87. The molecule has 6 atom stereocenters. The van der Waals surface area contributed by atoms with Gasteiger partial charge in [0.2, 0.25) is 5.78 Å². The Balaban J connectivity index is 1.17. The van der Waals surface area contributed by atoms with Gasteiger partial charge in [-0.1, -0.05) is 45.7 Å². The van der Waals surface area contributed by atoms with Crippen LogP contribution in [-0.4, -0.2) is 108 Å². The molecule has 14 nitrogen and oxygen atoms in total. The molecule has 0 aromatic heterocycles. The fraction of sp³-hybridized carbons (Fsp3) is 0.673. The number of likely N-dealkylation sites (N-methyl/N-ethyl adjacent to an activating group) is 1. The number of anilines is 1. The van der Waals surface area contributed by atoms with Gasteiger partial charge in [0.1, 0.15) is 17.0 Å². The topological polar surface area (TPSA) is 173 Å². The van der Waals surface area contributed by atoms with Gasteiger partial charge in [-0.2, -0.15) is 0 Å². The molecule has 4 aliphatic carbocycles. The zero-order chi connectivity index (χ0) is 48.5. The summed E-state index contributed by atoms with van der Waals surface area (Å²) in [7, 11) is 1.61. The number of Topliss-reactive ketones (excluding diaryl/α,β-unsaturated/α-hetero) is 1. The number of amides is 4. The second-order valence-electron chi connectivity index (χ2n) is 22.3. The van der Waals surface area contributed by atoms with Gasteiger partial charge in [-0.15, -0.1) is 0 Å². The second-order valence-corrected chi connectivity index (χ2v) is 22.3. The van der Waals surface area contributed by atoms with Gasteiger partial charge in [0.05, 0.1) is 19.8 Å². The number of ketones is 1. The molecule has 14 heteroatoms. The molecule has 0 bridgehead atoms. The Bertz CT molecular complexity index is 2150. The second kappa shape index (κ2) is 19.5. The molecule has 2 saturated carbocycles. The van der Waals surface area contributed by atoms with Gasteiger partial charge in [0, 0.05) is 43.3 Å². The van der Waals surface area contributed by atoms with Crippen molar-refractivity contribution >= 4 is 35.7 Å². The van der Waals surface area contributed by atoms with Crippen LogP contribution in [0.15, 0.2) is 36.4 Å². The molecule has 0 heterocycles. The Morgan fingerprint density at radius 2 is 1.33 bits per heavy atom. The van der Waals surface area contributed by atoms with Crippen molar-refractivity contribution in [3.05, 3.63) is 58.7 Å². The lowest BCUT2D eigenvalue weighted by molar-refractivity contribution is -0.151. The number of carbonyl (C=O) groups is 5. The molecule has 4 amide bonds. The third kappa shape index (κ3) is 11.0. The molecule has 6 rings (SSSR count). The molecule has 0 radical (unpaired) electrons. The zero-order valence-corrected chi connectivity index (χ0v) is 41.4. The fourth-order valence-electron chi connectivity index (χ4n) is 12.0. The highest BCUT2D eigenvalue weighted by atomic mass is 16.6. The van der Waals surface area contributed by atoms with Crippen molar-refractivity contribution in [2.75, 3.05) is 51.8 Å². The molecule has 0 saturated heterocycles. The van der Waals surface area contributed by atoms with Gasteiger partial charge in [-0.25, -0.2) is 14.4 Å². The van der Waals surface area contributed by atoms with Crippen molar-refractivity contribution in [2.45, 2.75) is 161 Å². The third-order valence-corrected chi connectivity index (χ3v) is 15.1. The van der Waals surface area contributed by atoms with E-state index < -0.39 is 46.3 Å². The lowest BCUT2D eigenvalue weighted by Crippen LogP contribution is -2.63. The summed E-state index contributed by atoms with van der Waals surface area (Å²) in [4.78, 5) is 71.5. The molecule has 364 valence electrons. The summed E-state index contributed by atoms with van der Waals surface area (Å²) in [5, 5.41) is 15.5. The number of carbonyl (C=O) groups excluding carboxylic acids is 5. The number of ether oxygens (including phenoxy) is 4. The summed E-state index contributed by atoms with van der Waals surface area (Å²) >= 11 is 0. The van der Waals surface area contributed by atoms with E-state index in [0.29, 0.717) is 17.9 Å². The molecule has 0 unspecified atom stereocenters. The summed E-state index contributed by atoms with van der Waals surface area (Å²) in [5.41, 5.74) is 1.64. The van der Waals surface area contributed by atoms with Crippen LogP contribution in [0.25, 0.3) is 0 Å². The highest BCUT2D eigenvalue weighted by Gasteiger charge is 2.58. The van der Waals surface area contributed by atoms with Gasteiger partial charge in [-0.05, 0) is 169 Å². The van der Waals surface area contributed by atoms with Crippen LogP contribution < -0.4 is 15.4 Å². The largest absolute Gasteiger partial charge is 0.444 e. The number of nitrogens with one attached hydrogen (secondary N) is 2. The van der Waals surface area contributed by atoms with Crippen molar-refractivity contribution in [1.29, 1.82) is 0 Å². The molecule has 2 aromatic rings. The van der Waals surface area contributed by atoms with Crippen molar-refractivity contribution < 1.29 is 48.0 Å². The molecule has 4 aliphatic rings. The van der Waals surface area contributed by atoms with Crippen molar-refractivity contribution in [1.82, 2.24) is 15.1 Å². The van der Waals surface area contributed by atoms with E-state index in [4.69, 9.17) is 18.9 Å². The van der Waals surface area contributed by atoms with Crippen LogP contribution in [0.2, 0.25) is 0 Å². The van der Waals surface area contributed by atoms with Crippen LogP contribution in [0, 0.1) is 17.3 Å². The first-order chi connectivity index (χ1) is 30.8. The molecule has 3 N–H and O–H groups in total. The lowest BCUT2D eigenvalue weighted by atomic mass is 9.48. The number of aliphatic hydroxyl groups is 1. The minimum atomic E-state index is -0.875. The average molecular weight is 917 g/mol. The highest BCUT2D eigenvalue weighted by Crippen LogP contribution is 2.59. The maximum Gasteiger partial charge on any atom is 0.415 e. The molecule has 2 aromatic carbocycles. The number of benzene rings is 2. The molecular weight excluding hydrogens is 841 g/mol. The number of nitrogens with zero attached hydrogens (tertiary/aromatic N) is 2. The van der Waals surface area contributed by atoms with Gasteiger partial charge in [0.15, 0.2) is 0 Å². The summed E-state index contributed by atoms with van der Waals surface area (Å²) in [5.74, 6) is -0.535. The quantitative estimate of drug-likeness (QED) is 0.130. The van der Waals surface area contributed by atoms with Gasteiger partial charge >= 0.3 is 18.3 Å². The molecular formula is C52H76N4O10. The van der Waals surface area contributed by atoms with E-state index >= 15 is 0 Å². The van der Waals surface area contributed by atoms with Crippen LogP contribution in [0.4, 0.5) is 20.1 Å². The van der Waals surface area contributed by atoms with E-state index in [1.54, 1.807) is 27.8 Å². The standard InChI is InChI=1S/C52H76N4O10/c1-47(2,3)65-44(60)53-36-18-14-34-16-20-40-49(7,38(34)32-36)22-12-24-51(40,9)42(58)43(59)54-52(10)25-13-23-50(8)39-33-37(19-15-35(39)17-21-41(50)52)64-46(62)56(28-30-63-31-29-57)27-26-55(11)45(61)66-48(4,5)6/h14-15,18-19,32-33,40-41,57H,12-13,16-17,20-31H2,1-11H3,(H,53,60)(H,54,59)/t40-,41-,49-,50-,51+,52+/m1/s1. The fourth-order valence-corrected chi connectivity index (χ4v) is 12.0. The van der Waals surface area contributed by atoms with Crippen LogP contribution in [0.5, 0.6) is 5.75 Å². The summed E-state index contributed by atoms with van der Waals surface area (Å²) < 4.78 is 22.5. The number of hydrogen-bond donors (Lipinski definition) is 3. The first kappa shape index (κ1) is 50.7. The van der Waals surface area contributed by atoms with Crippen LogP contribution in [0.1, 0.15) is 143 Å². The maximum absolute atomic E-state index is 14.8. The van der Waals surface area contributed by atoms with E-state index in [-0.39, 0.29) is 67.9 Å². The van der Waals surface area contributed by atoms with Crippen molar-refractivity contribution in [3.8, 4) is 5.75 Å². The number of rotatable bonds is 13. The third-order valence-electron chi connectivity index (χ3n) is 15.1. The maximum atomic E-state index is 14.8. The van der Waals surface area contributed by atoms with Gasteiger partial charge < -0.3 is 39.2 Å². The number of aryl methyl sites for hydroxylation is 2. The van der Waals surface area contributed by atoms with Gasteiger partial charge in [-0.3, -0.25) is 14.9 Å². The molecule has 2 fully saturated rings. The SMILES string of the molecule is CN(CCN(CCOCCO)C(=O)Oc1ccc2c(c1)[C@@]1(C)CCC[C@](C)(NC(=O)C(=O)[C@@]3(C)CCC[C@]4(C)c5cc(NC(=O)OC(C)(C)C)ccc5CC[C@@H]34)[C@@H]1CC2)C(=O)OC(C)(C)C. The van der Waals surface area contributed by atoms with Crippen molar-refractivity contribution in [3.63, 3.8) is 0 Å². The summed E-state index contributed by atoms with van der Waals surface area (Å²) in [6, 6.07) is 11.8. The summed E-state index contributed by atoms with van der Waals surface area (Å²) in [6.45, 7) is 20.1. The van der Waals surface area contributed by atoms with E-state index in [1.807, 2.05) is 58.0 Å². The smallest absolute Gasteiger partial charge is 0.415 e.